The zero-order valence-electron chi connectivity index (χ0n) is 69.3. The molecule has 13 amide bonds. The van der Waals surface area contributed by atoms with Crippen LogP contribution in [0.3, 0.4) is 0 Å². The number of halogens is 3. The quantitative estimate of drug-likeness (QED) is 0.0129. The maximum atomic E-state index is 15.2. The van der Waals surface area contributed by atoms with Crippen LogP contribution in [0.15, 0.2) is 103 Å². The van der Waals surface area contributed by atoms with E-state index in [1.54, 1.807) is 68.4 Å². The first-order valence-electron chi connectivity index (χ1n) is 41.9. The molecule has 4 aromatic carbocycles. The molecule has 12 atom stereocenters. The van der Waals surface area contributed by atoms with Crippen LogP contribution in [0.4, 0.5) is 18.9 Å². The normalized spacial score (nSPS) is 19.1. The second kappa shape index (κ2) is 44.7. The van der Waals surface area contributed by atoms with Crippen molar-refractivity contribution in [2.45, 2.75) is 222 Å². The first-order chi connectivity index (χ1) is 58.1. The predicted octanol–water partition coefficient (Wildman–Crippen LogP) is 1.11. The molecule has 5 aliphatic rings. The molecule has 122 heavy (non-hydrogen) atoms. The van der Waals surface area contributed by atoms with Gasteiger partial charge in [-0.15, -0.1) is 0 Å². The summed E-state index contributed by atoms with van der Waals surface area (Å²) >= 11 is 0. The average Bonchev–Trinajstić information content (AvgIpc) is 1.21. The van der Waals surface area contributed by atoms with Crippen LogP contribution in [-0.2, 0) is 92.6 Å². The van der Waals surface area contributed by atoms with Crippen molar-refractivity contribution in [2.75, 3.05) is 64.6 Å². The SMILES string of the molecule is CC(C)C[C@H](NC(=O)[C@H](Cc1ccc(N)cc1)NC(=O)CN1CCNCC1)C(=O)N[C@@H](C)C(=O)N[C@@H](Cc1ccc(-c2ccccc2C(F)(F)F)cc1)C(=O)N1CCC[C@H]1C(=O)N[C@@H](CC(=O)O)C(=O)N[C@@H](C)C(=O)N[C@H](C(=O)N1CCC[C@H]1C(=O)N[C@@H](Cc1ccccc1)C(=O)N[C@@H](CCCNC(=N)N)C(=O)N1CCC[C@H]1C(N)=O)C1CCCCC1. The summed E-state index contributed by atoms with van der Waals surface area (Å²) in [5, 5.41) is 48.1. The lowest BCUT2D eigenvalue weighted by atomic mass is 9.83. The van der Waals surface area contributed by atoms with E-state index in [1.807, 2.05) is 4.90 Å². The molecule has 4 saturated heterocycles. The number of nitrogens with two attached hydrogens (primary N) is 3. The van der Waals surface area contributed by atoms with Crippen molar-refractivity contribution in [3.63, 3.8) is 0 Å². The summed E-state index contributed by atoms with van der Waals surface area (Å²) in [6.07, 6.45) is -1.22. The summed E-state index contributed by atoms with van der Waals surface area (Å²) in [5.74, 6) is -12.7. The van der Waals surface area contributed by atoms with Gasteiger partial charge in [0.1, 0.15) is 72.5 Å². The van der Waals surface area contributed by atoms with E-state index in [4.69, 9.17) is 22.6 Å². The number of amides is 13. The molecule has 1 saturated carbocycles. The highest BCUT2D eigenvalue weighted by molar-refractivity contribution is 6.01. The Kier molecular flexibility index (Phi) is 34.5. The van der Waals surface area contributed by atoms with Crippen LogP contribution in [0.25, 0.3) is 11.1 Å². The predicted molar refractivity (Wildman–Crippen MR) is 444 cm³/mol. The van der Waals surface area contributed by atoms with E-state index >= 15 is 9.59 Å². The molecule has 5 fully saturated rings. The summed E-state index contributed by atoms with van der Waals surface area (Å²) in [6.45, 7) is 9.06. The summed E-state index contributed by atoms with van der Waals surface area (Å²) in [6, 6.07) is 9.87. The number of carbonyl (C=O) groups is 14. The Morgan fingerprint density at radius 1 is 0.500 bits per heavy atom. The second-order valence-corrected chi connectivity index (χ2v) is 32.6. The van der Waals surface area contributed by atoms with Crippen LogP contribution < -0.4 is 75.7 Å². The Morgan fingerprint density at radius 3 is 1.54 bits per heavy atom. The van der Waals surface area contributed by atoms with Crippen molar-refractivity contribution < 1.29 is 85.4 Å². The van der Waals surface area contributed by atoms with Gasteiger partial charge in [-0.05, 0) is 142 Å². The molecule has 37 heteroatoms. The number of benzene rings is 4. The molecule has 0 radical (unpaired) electrons. The van der Waals surface area contributed by atoms with Crippen LogP contribution >= 0.6 is 0 Å². The van der Waals surface area contributed by atoms with Crippen LogP contribution in [0.1, 0.15) is 146 Å². The number of piperazine rings is 1. The van der Waals surface area contributed by atoms with Crippen LogP contribution in [0, 0.1) is 17.2 Å². The molecule has 0 bridgehead atoms. The molecule has 1 aliphatic carbocycles. The van der Waals surface area contributed by atoms with E-state index < -0.39 is 179 Å². The molecule has 34 nitrogen and oxygen atoms in total. The number of hydrogen-bond donors (Lipinski definition) is 16. The number of guanidine groups is 1. The Labute approximate surface area is 706 Å². The number of nitrogens with zero attached hydrogens (tertiary/aromatic N) is 4. The van der Waals surface area contributed by atoms with E-state index in [2.05, 4.69) is 58.5 Å². The van der Waals surface area contributed by atoms with E-state index in [-0.39, 0.29) is 114 Å². The number of carboxylic acids is 1. The minimum absolute atomic E-state index is 0.00421. The molecule has 19 N–H and O–H groups in total. The van der Waals surface area contributed by atoms with Gasteiger partial charge in [-0.3, -0.25) is 77.4 Å². The highest BCUT2D eigenvalue weighted by Gasteiger charge is 2.46. The smallest absolute Gasteiger partial charge is 0.417 e. The van der Waals surface area contributed by atoms with Crippen molar-refractivity contribution in [2.24, 2.45) is 23.3 Å². The number of nitrogens with one attached hydrogen (secondary N) is 12. The first kappa shape index (κ1) is 94.1. The van der Waals surface area contributed by atoms with Gasteiger partial charge in [-0.1, -0.05) is 118 Å². The number of primary amides is 1. The van der Waals surface area contributed by atoms with E-state index in [0.717, 1.165) is 17.4 Å². The topological polar surface area (TPSA) is 506 Å². The fourth-order valence-electron chi connectivity index (χ4n) is 16.4. The third kappa shape index (κ3) is 27.1. The summed E-state index contributed by atoms with van der Waals surface area (Å²) in [4.78, 5) is 205. The molecule has 662 valence electrons. The monoisotopic (exact) mass is 1700 g/mol. The van der Waals surface area contributed by atoms with Gasteiger partial charge in [0.25, 0.3) is 0 Å². The largest absolute Gasteiger partial charge is 0.481 e. The fraction of sp³-hybridized carbons (Fsp3) is 0.541. The zero-order valence-corrected chi connectivity index (χ0v) is 69.3. The average molecular weight is 1700 g/mol. The number of carboxylic acid groups (broad SMARTS) is 1. The van der Waals surface area contributed by atoms with Crippen molar-refractivity contribution >= 4 is 94.4 Å². The summed E-state index contributed by atoms with van der Waals surface area (Å²) in [5.41, 5.74) is 18.3. The van der Waals surface area contributed by atoms with Gasteiger partial charge < -0.3 is 95.5 Å². The molecule has 0 aromatic heterocycles. The van der Waals surface area contributed by atoms with Gasteiger partial charge >= 0.3 is 12.1 Å². The third-order valence-corrected chi connectivity index (χ3v) is 22.8. The molecule has 0 spiro atoms. The molecular formula is C85H116F3N19O15. The highest BCUT2D eigenvalue weighted by Crippen LogP contribution is 2.38. The minimum Gasteiger partial charge on any atom is -0.481 e. The van der Waals surface area contributed by atoms with Crippen molar-refractivity contribution in [3.8, 4) is 11.1 Å². The van der Waals surface area contributed by atoms with Crippen LogP contribution in [0.2, 0.25) is 0 Å². The van der Waals surface area contributed by atoms with E-state index in [9.17, 15) is 75.8 Å². The molecule has 9 rings (SSSR count). The number of aliphatic carboxylic acids is 1. The van der Waals surface area contributed by atoms with Gasteiger partial charge in [0, 0.05) is 77.3 Å². The summed E-state index contributed by atoms with van der Waals surface area (Å²) in [7, 11) is 0. The minimum atomic E-state index is -4.72. The lowest BCUT2D eigenvalue weighted by Crippen LogP contribution is -2.61. The third-order valence-electron chi connectivity index (χ3n) is 22.8. The maximum Gasteiger partial charge on any atom is 0.417 e. The fourth-order valence-corrected chi connectivity index (χ4v) is 16.4. The Hall–Kier alpha value is -11.8. The van der Waals surface area contributed by atoms with Gasteiger partial charge in [0.05, 0.1) is 18.5 Å². The number of anilines is 1. The van der Waals surface area contributed by atoms with Gasteiger partial charge in [0.15, 0.2) is 5.96 Å². The number of alkyl halides is 3. The van der Waals surface area contributed by atoms with Crippen molar-refractivity contribution in [1.29, 1.82) is 5.41 Å². The lowest BCUT2D eigenvalue weighted by molar-refractivity contribution is -0.145. The van der Waals surface area contributed by atoms with Gasteiger partial charge in [-0.2, -0.15) is 13.2 Å². The molecule has 0 unspecified atom stereocenters. The standard InChI is InChI=1S/C85H116F3N19O15/c1-49(2)43-61(99-77(116)62(45-54-29-33-57(89)34-30-54)97-69(108)48-104-41-36-93-37-42-104)75(114)95-50(3)73(112)102-65(46-53-27-31-55(32-28-53)58-21-11-12-22-59(58)85(86,87)88)82(121)106-39-15-25-67(106)79(118)101-64(47-70(109)110)76(115)96-51(4)74(113)103-71(56-19-9-6-10-20-56)83(122)107-40-16-26-68(107)80(119)100-63(44-52-17-7-5-8-18-52)78(117)98-60(23-13-35-94-84(91)92)81(120)105-38-14-24-66(105)72(90)111/h5,7-8,11-12,17-18,21-22,27-34,49-51,56,60-68,71,93H,6,9-10,13-16,19-20,23-26,35-48,89H2,1-4H3,(H2,90,111)(H,95,114)(H,96,115)(H,97,108)(H,98,117)(H,99,116)(H,100,119)(H,101,118)(H,102,112)(H,103,113)(H,109,110)(H4,91,92,94)/t50-,51-,60-,61-,62-,63-,64-,65-,66-,67-,68-,71-/m0/s1. The molecular weight excluding hydrogens is 1580 g/mol. The number of nitrogen functional groups attached to an aromatic ring is 1. The maximum absolute atomic E-state index is 15.2. The number of hydrogen-bond acceptors (Lipinski definition) is 18. The molecule has 4 heterocycles. The highest BCUT2D eigenvalue weighted by atomic mass is 19.4. The zero-order chi connectivity index (χ0) is 88.5. The second-order valence-electron chi connectivity index (χ2n) is 32.6. The van der Waals surface area contributed by atoms with Gasteiger partial charge in [-0.25, -0.2) is 0 Å². The van der Waals surface area contributed by atoms with E-state index in [1.165, 1.54) is 66.1 Å². The number of carbonyl (C=O) groups excluding carboxylic acids is 13. The Bertz CT molecular complexity index is 4360. The summed E-state index contributed by atoms with van der Waals surface area (Å²) < 4.78 is 42.8. The first-order valence-corrected chi connectivity index (χ1v) is 41.9. The van der Waals surface area contributed by atoms with Crippen molar-refractivity contribution in [1.82, 2.24) is 78.1 Å². The van der Waals surface area contributed by atoms with Crippen molar-refractivity contribution in [3.05, 3.63) is 125 Å². The number of rotatable bonds is 39. The Morgan fingerprint density at radius 2 is 0.975 bits per heavy atom. The Balaban J connectivity index is 0.887. The van der Waals surface area contributed by atoms with E-state index in [0.29, 0.717) is 93.5 Å². The molecule has 4 aliphatic heterocycles. The lowest BCUT2D eigenvalue weighted by Gasteiger charge is -2.35. The number of likely N-dealkylation sites (tertiary alicyclic amines) is 3. The van der Waals surface area contributed by atoms with Crippen LogP contribution in [0.5, 0.6) is 0 Å². The van der Waals surface area contributed by atoms with Crippen LogP contribution in [-0.4, -0.2) is 245 Å². The molecule has 4 aromatic rings. The van der Waals surface area contributed by atoms with Gasteiger partial charge in [0.2, 0.25) is 76.8 Å².